The topological polar surface area (TPSA) is 28.0 Å². The van der Waals surface area contributed by atoms with Gasteiger partial charge in [0.25, 0.3) is 0 Å². The van der Waals surface area contributed by atoms with Crippen LogP contribution in [0.1, 0.15) is 0 Å². The average molecular weight is 135 g/mol. The Morgan fingerprint density at radius 3 is 2.57 bits per heavy atom. The van der Waals surface area contributed by atoms with Crippen molar-refractivity contribution >= 4 is 25.4 Å². The molecule has 0 fully saturated rings. The summed E-state index contributed by atoms with van der Waals surface area (Å²) in [7, 11) is 0. The standard InChI is InChI=1S/C2H5N3S2/c6-2-1-5(7)4-3-2/h2,6-7H,1H2. The second kappa shape index (κ2) is 1.92. The van der Waals surface area contributed by atoms with Gasteiger partial charge in [0, 0.05) is 0 Å². The summed E-state index contributed by atoms with van der Waals surface area (Å²) in [4.78, 5) is 0. The van der Waals surface area contributed by atoms with Gasteiger partial charge in [-0.2, -0.15) is 5.11 Å². The molecule has 1 heterocycles. The van der Waals surface area contributed by atoms with Crippen molar-refractivity contribution in [2.75, 3.05) is 6.54 Å². The van der Waals surface area contributed by atoms with E-state index in [9.17, 15) is 0 Å². The Balaban J connectivity index is 2.42. The van der Waals surface area contributed by atoms with Gasteiger partial charge in [-0.15, -0.1) is 12.6 Å². The molecule has 40 valence electrons. The molecule has 0 aromatic rings. The first-order valence-corrected chi connectivity index (χ1v) is 2.76. The summed E-state index contributed by atoms with van der Waals surface area (Å²) in [6.07, 6.45) is 0. The monoisotopic (exact) mass is 135 g/mol. The van der Waals surface area contributed by atoms with Crippen LogP contribution in [0.4, 0.5) is 0 Å². The van der Waals surface area contributed by atoms with Crippen molar-refractivity contribution in [1.29, 1.82) is 0 Å². The number of hydrogen-bond acceptors (Lipinski definition) is 5. The van der Waals surface area contributed by atoms with Crippen molar-refractivity contribution < 1.29 is 0 Å². The smallest absolute Gasteiger partial charge is 0.136 e. The van der Waals surface area contributed by atoms with Gasteiger partial charge in [0.2, 0.25) is 0 Å². The number of rotatable bonds is 0. The molecule has 1 aliphatic rings. The molecule has 1 rings (SSSR count). The highest BCUT2D eigenvalue weighted by Gasteiger charge is 2.10. The van der Waals surface area contributed by atoms with Crippen LogP contribution in [0.2, 0.25) is 0 Å². The van der Waals surface area contributed by atoms with E-state index in [4.69, 9.17) is 0 Å². The lowest BCUT2D eigenvalue weighted by Crippen LogP contribution is -2.05. The molecule has 7 heavy (non-hydrogen) atoms. The largest absolute Gasteiger partial charge is 0.221 e. The van der Waals surface area contributed by atoms with Crippen LogP contribution in [-0.4, -0.2) is 16.3 Å². The third-order valence-corrected chi connectivity index (χ3v) is 1.12. The van der Waals surface area contributed by atoms with E-state index < -0.39 is 0 Å². The van der Waals surface area contributed by atoms with Gasteiger partial charge in [-0.3, -0.25) is 0 Å². The van der Waals surface area contributed by atoms with E-state index in [1.165, 1.54) is 4.41 Å². The maximum atomic E-state index is 4.00. The van der Waals surface area contributed by atoms with Gasteiger partial charge in [-0.1, -0.05) is 5.22 Å². The average Bonchev–Trinajstić information content (AvgIpc) is 1.87. The van der Waals surface area contributed by atoms with Gasteiger partial charge in [-0.05, 0) is 12.8 Å². The van der Waals surface area contributed by atoms with Crippen molar-refractivity contribution in [2.24, 2.45) is 10.3 Å². The predicted molar refractivity (Wildman–Crippen MR) is 33.3 cm³/mol. The predicted octanol–water partition coefficient (Wildman–Crippen LogP) is 0.770. The highest BCUT2D eigenvalue weighted by Crippen LogP contribution is 2.11. The van der Waals surface area contributed by atoms with Crippen molar-refractivity contribution in [1.82, 2.24) is 4.41 Å². The zero-order valence-electron chi connectivity index (χ0n) is 3.52. The normalized spacial score (nSPS) is 29.4. The molecule has 0 saturated heterocycles. The first-order valence-electron chi connectivity index (χ1n) is 1.84. The van der Waals surface area contributed by atoms with Gasteiger partial charge >= 0.3 is 0 Å². The molecule has 1 atom stereocenters. The molecule has 5 heteroatoms. The second-order valence-corrected chi connectivity index (χ2v) is 2.30. The van der Waals surface area contributed by atoms with Gasteiger partial charge in [0.05, 0.1) is 6.54 Å². The minimum atomic E-state index is 0.0255. The van der Waals surface area contributed by atoms with E-state index in [1.54, 1.807) is 0 Å². The molecule has 0 aromatic carbocycles. The van der Waals surface area contributed by atoms with Crippen LogP contribution in [0.15, 0.2) is 10.3 Å². The quantitative estimate of drug-likeness (QED) is 0.472. The summed E-state index contributed by atoms with van der Waals surface area (Å²) >= 11 is 7.88. The zero-order chi connectivity index (χ0) is 5.28. The number of thiol groups is 2. The Hall–Kier alpha value is 0.1000. The van der Waals surface area contributed by atoms with Crippen LogP contribution in [0, 0.1) is 0 Å². The van der Waals surface area contributed by atoms with E-state index in [-0.39, 0.29) is 5.37 Å². The lowest BCUT2D eigenvalue weighted by molar-refractivity contribution is 0.564. The Morgan fingerprint density at radius 1 is 1.71 bits per heavy atom. The van der Waals surface area contributed by atoms with Gasteiger partial charge in [0.1, 0.15) is 5.37 Å². The Labute approximate surface area is 52.7 Å². The van der Waals surface area contributed by atoms with E-state index in [0.717, 1.165) is 0 Å². The van der Waals surface area contributed by atoms with Gasteiger partial charge < -0.3 is 0 Å². The van der Waals surface area contributed by atoms with E-state index >= 15 is 0 Å². The first-order chi connectivity index (χ1) is 3.29. The third-order valence-electron chi connectivity index (χ3n) is 0.615. The highest BCUT2D eigenvalue weighted by atomic mass is 32.1. The fraction of sp³-hybridized carbons (Fsp3) is 1.00. The molecule has 0 aromatic heterocycles. The summed E-state index contributed by atoms with van der Waals surface area (Å²) in [5, 5.41) is 7.24. The van der Waals surface area contributed by atoms with Gasteiger partial charge in [0.15, 0.2) is 0 Å². The minimum absolute atomic E-state index is 0.0255. The van der Waals surface area contributed by atoms with Crippen LogP contribution in [0.25, 0.3) is 0 Å². The molecule has 0 aliphatic carbocycles. The van der Waals surface area contributed by atoms with Crippen molar-refractivity contribution in [3.05, 3.63) is 0 Å². The van der Waals surface area contributed by atoms with Crippen LogP contribution >= 0.6 is 25.4 Å². The van der Waals surface area contributed by atoms with Crippen LogP contribution in [0.5, 0.6) is 0 Å². The first kappa shape index (κ1) is 5.24. The summed E-state index contributed by atoms with van der Waals surface area (Å²) in [6, 6.07) is 0. The lowest BCUT2D eigenvalue weighted by atomic mass is 10.7. The number of hydrogen-bond donors (Lipinski definition) is 2. The molecule has 1 unspecified atom stereocenters. The van der Waals surface area contributed by atoms with Crippen LogP contribution in [-0.2, 0) is 0 Å². The third kappa shape index (κ3) is 1.24. The molecule has 0 radical (unpaired) electrons. The fourth-order valence-electron chi connectivity index (χ4n) is 0.338. The highest BCUT2D eigenvalue weighted by molar-refractivity contribution is 7.81. The summed E-state index contributed by atoms with van der Waals surface area (Å²) in [5.74, 6) is 0. The molecule has 0 amide bonds. The van der Waals surface area contributed by atoms with Crippen molar-refractivity contribution in [2.45, 2.75) is 5.37 Å². The molecule has 0 spiro atoms. The Kier molecular flexibility index (Phi) is 1.43. The van der Waals surface area contributed by atoms with Crippen LogP contribution in [0.3, 0.4) is 0 Å². The van der Waals surface area contributed by atoms with E-state index in [1.807, 2.05) is 0 Å². The lowest BCUT2D eigenvalue weighted by Gasteiger charge is -1.98. The maximum absolute atomic E-state index is 4.00. The molecular weight excluding hydrogens is 130 g/mol. The van der Waals surface area contributed by atoms with Crippen LogP contribution < -0.4 is 0 Å². The summed E-state index contributed by atoms with van der Waals surface area (Å²) < 4.78 is 1.46. The van der Waals surface area contributed by atoms with E-state index in [2.05, 4.69) is 35.8 Å². The fourth-order valence-corrected chi connectivity index (χ4v) is 0.869. The van der Waals surface area contributed by atoms with Crippen molar-refractivity contribution in [3.63, 3.8) is 0 Å². The van der Waals surface area contributed by atoms with Gasteiger partial charge in [-0.25, -0.2) is 4.41 Å². The van der Waals surface area contributed by atoms with E-state index in [0.29, 0.717) is 6.54 Å². The zero-order valence-corrected chi connectivity index (χ0v) is 5.31. The molecular formula is C2H5N3S2. The second-order valence-electron chi connectivity index (χ2n) is 1.24. The summed E-state index contributed by atoms with van der Waals surface area (Å²) in [5.41, 5.74) is 0. The molecule has 0 N–H and O–H groups in total. The summed E-state index contributed by atoms with van der Waals surface area (Å²) in [6.45, 7) is 0.701. The number of nitrogens with zero attached hydrogens (tertiary/aromatic N) is 3. The maximum Gasteiger partial charge on any atom is 0.136 e. The Bertz CT molecular complexity index is 82.9. The molecule has 1 aliphatic heterocycles. The minimum Gasteiger partial charge on any atom is -0.221 e. The Morgan fingerprint density at radius 2 is 2.43 bits per heavy atom. The van der Waals surface area contributed by atoms with Crippen molar-refractivity contribution in [3.8, 4) is 0 Å². The molecule has 3 nitrogen and oxygen atoms in total. The SMILES string of the molecule is SC1CN(S)N=N1. The molecule has 0 bridgehead atoms. The molecule has 0 saturated carbocycles.